The highest BCUT2D eigenvalue weighted by atomic mass is 79.9. The van der Waals surface area contributed by atoms with Crippen LogP contribution in [-0.4, -0.2) is 29.1 Å². The Morgan fingerprint density at radius 3 is 2.83 bits per heavy atom. The molecule has 0 amide bonds. The summed E-state index contributed by atoms with van der Waals surface area (Å²) >= 11 is 4.97. The molecule has 18 heavy (non-hydrogen) atoms. The number of thiazole rings is 1. The molecule has 0 aliphatic rings. The van der Waals surface area contributed by atoms with E-state index in [1.165, 1.54) is 4.88 Å². The second-order valence-electron chi connectivity index (χ2n) is 3.74. The Balaban J connectivity index is 2.18. The molecule has 0 saturated carbocycles. The first-order valence-electron chi connectivity index (χ1n) is 5.28. The fourth-order valence-corrected chi connectivity index (χ4v) is 2.62. The van der Waals surface area contributed by atoms with Crippen LogP contribution in [-0.2, 0) is 6.54 Å². The standard InChI is InChI=1S/C11H13BrN4OS/c1-7-9(18-6-14-7)5-16(2)11-13-4-8(12)10(15-11)17-3/h4,6H,5H2,1-3H3. The van der Waals surface area contributed by atoms with E-state index >= 15 is 0 Å². The minimum atomic E-state index is 0.535. The summed E-state index contributed by atoms with van der Waals surface area (Å²) in [5, 5.41) is 0. The third-order valence-electron chi connectivity index (χ3n) is 2.46. The van der Waals surface area contributed by atoms with Gasteiger partial charge in [0.05, 0.1) is 35.5 Å². The number of halogens is 1. The van der Waals surface area contributed by atoms with Gasteiger partial charge in [0.15, 0.2) is 0 Å². The van der Waals surface area contributed by atoms with Crippen LogP contribution >= 0.6 is 27.3 Å². The fraction of sp³-hybridized carbons (Fsp3) is 0.364. The van der Waals surface area contributed by atoms with Gasteiger partial charge in [-0.25, -0.2) is 9.97 Å². The van der Waals surface area contributed by atoms with Crippen molar-refractivity contribution in [2.24, 2.45) is 0 Å². The van der Waals surface area contributed by atoms with Crippen LogP contribution in [0.4, 0.5) is 5.95 Å². The van der Waals surface area contributed by atoms with Gasteiger partial charge in [-0.3, -0.25) is 0 Å². The topological polar surface area (TPSA) is 51.1 Å². The molecule has 0 radical (unpaired) electrons. The van der Waals surface area contributed by atoms with Crippen molar-refractivity contribution in [3.63, 3.8) is 0 Å². The number of anilines is 1. The minimum absolute atomic E-state index is 0.535. The summed E-state index contributed by atoms with van der Waals surface area (Å²) in [5.41, 5.74) is 2.90. The molecule has 0 saturated heterocycles. The predicted molar refractivity (Wildman–Crippen MR) is 75.2 cm³/mol. The average molecular weight is 329 g/mol. The molecule has 0 atom stereocenters. The van der Waals surface area contributed by atoms with Crippen molar-refractivity contribution in [1.82, 2.24) is 15.0 Å². The number of hydrogen-bond acceptors (Lipinski definition) is 6. The number of aromatic nitrogens is 3. The Hall–Kier alpha value is -1.21. The normalized spacial score (nSPS) is 10.4. The number of ether oxygens (including phenoxy) is 1. The third kappa shape index (κ3) is 2.78. The fourth-order valence-electron chi connectivity index (χ4n) is 1.43. The summed E-state index contributed by atoms with van der Waals surface area (Å²) < 4.78 is 5.91. The van der Waals surface area contributed by atoms with Gasteiger partial charge in [0.1, 0.15) is 0 Å². The molecule has 0 bridgehead atoms. The van der Waals surface area contributed by atoms with E-state index in [1.807, 2.05) is 24.4 Å². The highest BCUT2D eigenvalue weighted by Gasteiger charge is 2.11. The highest BCUT2D eigenvalue weighted by molar-refractivity contribution is 9.10. The van der Waals surface area contributed by atoms with E-state index in [0.717, 1.165) is 16.7 Å². The lowest BCUT2D eigenvalue weighted by Gasteiger charge is -2.17. The zero-order valence-corrected chi connectivity index (χ0v) is 12.7. The van der Waals surface area contributed by atoms with Crippen LogP contribution in [0.2, 0.25) is 0 Å². The summed E-state index contributed by atoms with van der Waals surface area (Å²) in [6, 6.07) is 0. The summed E-state index contributed by atoms with van der Waals surface area (Å²) in [7, 11) is 3.53. The second kappa shape index (κ2) is 5.62. The first kappa shape index (κ1) is 13.2. The molecule has 0 aromatic carbocycles. The summed E-state index contributed by atoms with van der Waals surface area (Å²) in [6.45, 7) is 2.74. The van der Waals surface area contributed by atoms with Crippen LogP contribution in [0.1, 0.15) is 10.6 Å². The third-order valence-corrected chi connectivity index (χ3v) is 3.92. The Labute approximate surface area is 118 Å². The van der Waals surface area contributed by atoms with Gasteiger partial charge < -0.3 is 9.64 Å². The molecule has 2 heterocycles. The molecule has 2 aromatic heterocycles. The van der Waals surface area contributed by atoms with E-state index in [2.05, 4.69) is 30.9 Å². The van der Waals surface area contributed by atoms with E-state index < -0.39 is 0 Å². The van der Waals surface area contributed by atoms with E-state index in [9.17, 15) is 0 Å². The Kier molecular flexibility index (Phi) is 4.13. The zero-order chi connectivity index (χ0) is 13.1. The molecular formula is C11H13BrN4OS. The molecule has 0 aliphatic carbocycles. The van der Waals surface area contributed by atoms with Gasteiger partial charge in [0.25, 0.3) is 0 Å². The average Bonchev–Trinajstić information content (AvgIpc) is 2.75. The van der Waals surface area contributed by atoms with Gasteiger partial charge in [-0.1, -0.05) is 0 Å². The Morgan fingerprint density at radius 2 is 2.22 bits per heavy atom. The summed E-state index contributed by atoms with van der Waals surface area (Å²) in [5.74, 6) is 1.16. The lowest BCUT2D eigenvalue weighted by atomic mass is 10.4. The smallest absolute Gasteiger partial charge is 0.232 e. The molecule has 0 fully saturated rings. The van der Waals surface area contributed by atoms with Crippen molar-refractivity contribution in [2.45, 2.75) is 13.5 Å². The van der Waals surface area contributed by atoms with Crippen LogP contribution in [0.15, 0.2) is 16.2 Å². The largest absolute Gasteiger partial charge is 0.480 e. The van der Waals surface area contributed by atoms with E-state index in [-0.39, 0.29) is 0 Å². The number of aryl methyl sites for hydroxylation is 1. The van der Waals surface area contributed by atoms with Crippen molar-refractivity contribution in [2.75, 3.05) is 19.1 Å². The van der Waals surface area contributed by atoms with Crippen LogP contribution in [0.5, 0.6) is 5.88 Å². The SMILES string of the molecule is COc1nc(N(C)Cc2scnc2C)ncc1Br. The molecule has 2 rings (SSSR count). The minimum Gasteiger partial charge on any atom is -0.480 e. The monoisotopic (exact) mass is 328 g/mol. The Bertz CT molecular complexity index is 546. The zero-order valence-electron chi connectivity index (χ0n) is 10.3. The van der Waals surface area contributed by atoms with Crippen molar-refractivity contribution in [3.05, 3.63) is 26.8 Å². The maximum Gasteiger partial charge on any atom is 0.232 e. The van der Waals surface area contributed by atoms with E-state index in [1.54, 1.807) is 24.6 Å². The van der Waals surface area contributed by atoms with E-state index in [0.29, 0.717) is 11.8 Å². The molecule has 0 spiro atoms. The maximum absolute atomic E-state index is 5.16. The van der Waals surface area contributed by atoms with Crippen molar-refractivity contribution in [3.8, 4) is 5.88 Å². The van der Waals surface area contributed by atoms with Gasteiger partial charge in [0.2, 0.25) is 11.8 Å². The lowest BCUT2D eigenvalue weighted by Crippen LogP contribution is -2.19. The molecule has 7 heteroatoms. The molecule has 5 nitrogen and oxygen atoms in total. The number of hydrogen-bond donors (Lipinski definition) is 0. The van der Waals surface area contributed by atoms with Gasteiger partial charge in [0, 0.05) is 11.9 Å². The van der Waals surface area contributed by atoms with Crippen molar-refractivity contribution in [1.29, 1.82) is 0 Å². The quantitative estimate of drug-likeness (QED) is 0.863. The lowest BCUT2D eigenvalue weighted by molar-refractivity contribution is 0.394. The number of methoxy groups -OCH3 is 1. The molecule has 0 unspecified atom stereocenters. The number of rotatable bonds is 4. The predicted octanol–water partition coefficient (Wildman–Crippen LogP) is 2.65. The first-order valence-corrected chi connectivity index (χ1v) is 6.95. The van der Waals surface area contributed by atoms with Crippen LogP contribution in [0.3, 0.4) is 0 Å². The number of nitrogens with zero attached hydrogens (tertiary/aromatic N) is 4. The van der Waals surface area contributed by atoms with Crippen LogP contribution in [0.25, 0.3) is 0 Å². The summed E-state index contributed by atoms with van der Waals surface area (Å²) in [6.07, 6.45) is 1.69. The van der Waals surface area contributed by atoms with Crippen LogP contribution in [0, 0.1) is 6.92 Å². The highest BCUT2D eigenvalue weighted by Crippen LogP contribution is 2.24. The van der Waals surface area contributed by atoms with Crippen molar-refractivity contribution >= 4 is 33.2 Å². The Morgan fingerprint density at radius 1 is 1.44 bits per heavy atom. The molecule has 96 valence electrons. The van der Waals surface area contributed by atoms with E-state index in [4.69, 9.17) is 4.74 Å². The molecule has 0 aliphatic heterocycles. The van der Waals surface area contributed by atoms with Gasteiger partial charge in [-0.15, -0.1) is 11.3 Å². The van der Waals surface area contributed by atoms with Crippen molar-refractivity contribution < 1.29 is 4.74 Å². The van der Waals surface area contributed by atoms with Gasteiger partial charge in [-0.05, 0) is 22.9 Å². The molecular weight excluding hydrogens is 316 g/mol. The van der Waals surface area contributed by atoms with Gasteiger partial charge >= 0.3 is 0 Å². The first-order chi connectivity index (χ1) is 8.61. The second-order valence-corrected chi connectivity index (χ2v) is 5.54. The van der Waals surface area contributed by atoms with Crippen LogP contribution < -0.4 is 9.64 Å². The van der Waals surface area contributed by atoms with Gasteiger partial charge in [-0.2, -0.15) is 4.98 Å². The summed E-state index contributed by atoms with van der Waals surface area (Å²) in [4.78, 5) is 16.0. The maximum atomic E-state index is 5.16. The molecule has 0 N–H and O–H groups in total. The molecule has 2 aromatic rings.